The summed E-state index contributed by atoms with van der Waals surface area (Å²) in [5.74, 6) is 1.26. The van der Waals surface area contributed by atoms with E-state index in [1.54, 1.807) is 7.11 Å². The molecule has 0 aliphatic carbocycles. The molecule has 0 aliphatic rings. The molecule has 4 nitrogen and oxygen atoms in total. The van der Waals surface area contributed by atoms with Gasteiger partial charge in [0.1, 0.15) is 11.4 Å². The highest BCUT2D eigenvalue weighted by molar-refractivity contribution is 6.99. The maximum absolute atomic E-state index is 5.78. The van der Waals surface area contributed by atoms with Crippen LogP contribution in [0.3, 0.4) is 0 Å². The van der Waals surface area contributed by atoms with Gasteiger partial charge in [-0.25, -0.2) is 0 Å². The van der Waals surface area contributed by atoms with Crippen molar-refractivity contribution in [3.8, 4) is 17.0 Å². The summed E-state index contributed by atoms with van der Waals surface area (Å²) >= 11 is 1.11. The summed E-state index contributed by atoms with van der Waals surface area (Å²) in [7, 11) is 1.65. The topological polar surface area (TPSA) is 61.0 Å². The Bertz CT molecular complexity index is 522. The lowest BCUT2D eigenvalue weighted by molar-refractivity contribution is 0.413. The molecule has 1 aromatic carbocycles. The third-order valence-corrected chi connectivity index (χ3v) is 2.93. The highest BCUT2D eigenvalue weighted by Crippen LogP contribution is 2.35. The van der Waals surface area contributed by atoms with Gasteiger partial charge in [-0.3, -0.25) is 0 Å². The monoisotopic (exact) mass is 235 g/mol. The first kappa shape index (κ1) is 10.9. The largest absolute Gasteiger partial charge is 0.496 e. The van der Waals surface area contributed by atoms with E-state index in [2.05, 4.69) is 14.8 Å². The van der Waals surface area contributed by atoms with Crippen molar-refractivity contribution in [3.05, 3.63) is 23.3 Å². The van der Waals surface area contributed by atoms with Gasteiger partial charge in [-0.2, -0.15) is 8.75 Å². The van der Waals surface area contributed by atoms with Gasteiger partial charge in [0.15, 0.2) is 5.82 Å². The Balaban J connectivity index is 2.68. The van der Waals surface area contributed by atoms with Crippen LogP contribution in [0, 0.1) is 13.8 Å². The summed E-state index contributed by atoms with van der Waals surface area (Å²) in [4.78, 5) is 0. The van der Waals surface area contributed by atoms with E-state index in [1.807, 2.05) is 19.9 Å². The number of aromatic nitrogens is 2. The van der Waals surface area contributed by atoms with E-state index in [0.29, 0.717) is 11.5 Å². The molecule has 0 saturated carbocycles. The zero-order chi connectivity index (χ0) is 11.7. The van der Waals surface area contributed by atoms with Crippen LogP contribution in [0.15, 0.2) is 12.1 Å². The fourth-order valence-electron chi connectivity index (χ4n) is 1.78. The molecule has 0 amide bonds. The zero-order valence-corrected chi connectivity index (χ0v) is 10.3. The van der Waals surface area contributed by atoms with E-state index >= 15 is 0 Å². The number of hydrogen-bond donors (Lipinski definition) is 1. The number of nitrogens with two attached hydrogens (primary N) is 1. The molecule has 0 fully saturated rings. The van der Waals surface area contributed by atoms with Gasteiger partial charge in [-0.1, -0.05) is 6.07 Å². The summed E-state index contributed by atoms with van der Waals surface area (Å²) < 4.78 is 13.6. The SMILES string of the molecule is COc1c(C)cc(C)cc1-c1nsnc1N. The molecule has 2 rings (SSSR count). The predicted octanol–water partition coefficient (Wildman–Crippen LogP) is 2.41. The Morgan fingerprint density at radius 2 is 2.00 bits per heavy atom. The minimum Gasteiger partial charge on any atom is -0.496 e. The molecule has 1 aromatic heterocycles. The average molecular weight is 235 g/mol. The molecule has 0 atom stereocenters. The standard InChI is InChI=1S/C11H13N3OS/c1-6-4-7(2)10(15-3)8(5-6)9-11(12)14-16-13-9/h4-5H,1-3H3,(H2,12,14). The van der Waals surface area contributed by atoms with Gasteiger partial charge < -0.3 is 10.5 Å². The normalized spacial score (nSPS) is 10.4. The van der Waals surface area contributed by atoms with E-state index in [1.165, 1.54) is 0 Å². The number of anilines is 1. The van der Waals surface area contributed by atoms with Crippen molar-refractivity contribution < 1.29 is 4.74 Å². The van der Waals surface area contributed by atoms with Crippen molar-refractivity contribution in [3.63, 3.8) is 0 Å². The third kappa shape index (κ3) is 1.74. The second-order valence-corrected chi connectivity index (χ2v) is 4.19. The lowest BCUT2D eigenvalue weighted by Gasteiger charge is -2.11. The average Bonchev–Trinajstić information content (AvgIpc) is 2.63. The van der Waals surface area contributed by atoms with Crippen LogP contribution in [-0.2, 0) is 0 Å². The van der Waals surface area contributed by atoms with Crippen LogP contribution in [0.5, 0.6) is 5.75 Å². The second-order valence-electron chi connectivity index (χ2n) is 3.66. The van der Waals surface area contributed by atoms with E-state index < -0.39 is 0 Å². The number of methoxy groups -OCH3 is 1. The number of benzene rings is 1. The van der Waals surface area contributed by atoms with Crippen LogP contribution in [0.2, 0.25) is 0 Å². The van der Waals surface area contributed by atoms with Gasteiger partial charge in [0.25, 0.3) is 0 Å². The lowest BCUT2D eigenvalue weighted by atomic mass is 10.0. The van der Waals surface area contributed by atoms with Crippen LogP contribution in [-0.4, -0.2) is 15.9 Å². The molecule has 0 unspecified atom stereocenters. The summed E-state index contributed by atoms with van der Waals surface area (Å²) in [6, 6.07) is 4.08. The first-order valence-corrected chi connectivity index (χ1v) is 5.60. The quantitative estimate of drug-likeness (QED) is 0.868. The minimum absolute atomic E-state index is 0.452. The molecule has 0 spiro atoms. The van der Waals surface area contributed by atoms with Crippen LogP contribution in [0.25, 0.3) is 11.3 Å². The second kappa shape index (κ2) is 4.09. The van der Waals surface area contributed by atoms with E-state index in [0.717, 1.165) is 34.2 Å². The van der Waals surface area contributed by atoms with E-state index in [9.17, 15) is 0 Å². The highest BCUT2D eigenvalue weighted by atomic mass is 32.1. The van der Waals surface area contributed by atoms with Gasteiger partial charge in [-0.05, 0) is 31.0 Å². The Hall–Kier alpha value is -1.62. The Kier molecular flexibility index (Phi) is 2.78. The summed E-state index contributed by atoms with van der Waals surface area (Å²) in [5, 5.41) is 0. The number of aryl methyl sites for hydroxylation is 2. The van der Waals surface area contributed by atoms with Crippen molar-refractivity contribution >= 4 is 17.5 Å². The molecule has 2 aromatic rings. The van der Waals surface area contributed by atoms with Crippen molar-refractivity contribution in [2.75, 3.05) is 12.8 Å². The molecule has 2 N–H and O–H groups in total. The zero-order valence-electron chi connectivity index (χ0n) is 9.44. The van der Waals surface area contributed by atoms with Crippen LogP contribution in [0.4, 0.5) is 5.82 Å². The number of rotatable bonds is 2. The van der Waals surface area contributed by atoms with Crippen LogP contribution < -0.4 is 10.5 Å². The number of nitrogens with zero attached hydrogens (tertiary/aromatic N) is 2. The molecule has 0 aliphatic heterocycles. The molecule has 0 saturated heterocycles. The first-order valence-electron chi connectivity index (χ1n) is 4.87. The number of ether oxygens (including phenoxy) is 1. The molecule has 1 heterocycles. The van der Waals surface area contributed by atoms with Crippen molar-refractivity contribution in [1.29, 1.82) is 0 Å². The van der Waals surface area contributed by atoms with E-state index in [4.69, 9.17) is 10.5 Å². The molecule has 84 valence electrons. The molecule has 5 heteroatoms. The number of nitrogen functional groups attached to an aromatic ring is 1. The first-order chi connectivity index (χ1) is 7.63. The smallest absolute Gasteiger partial charge is 0.165 e. The number of hydrogen-bond acceptors (Lipinski definition) is 5. The van der Waals surface area contributed by atoms with Gasteiger partial charge in [-0.15, -0.1) is 0 Å². The predicted molar refractivity (Wildman–Crippen MR) is 65.8 cm³/mol. The molecule has 0 bridgehead atoms. The molecule has 16 heavy (non-hydrogen) atoms. The van der Waals surface area contributed by atoms with Crippen LogP contribution >= 0.6 is 11.7 Å². The maximum Gasteiger partial charge on any atom is 0.165 e. The van der Waals surface area contributed by atoms with E-state index in [-0.39, 0.29) is 0 Å². The van der Waals surface area contributed by atoms with Gasteiger partial charge in [0, 0.05) is 5.56 Å². The summed E-state index contributed by atoms with van der Waals surface area (Å²) in [5.41, 5.74) is 9.62. The fourth-order valence-corrected chi connectivity index (χ4v) is 2.27. The van der Waals surface area contributed by atoms with Crippen LogP contribution in [0.1, 0.15) is 11.1 Å². The van der Waals surface area contributed by atoms with Crippen molar-refractivity contribution in [2.45, 2.75) is 13.8 Å². The summed E-state index contributed by atoms with van der Waals surface area (Å²) in [6.45, 7) is 4.04. The van der Waals surface area contributed by atoms with Gasteiger partial charge in [0.2, 0.25) is 0 Å². The maximum atomic E-state index is 5.78. The minimum atomic E-state index is 0.452. The molecular weight excluding hydrogens is 222 g/mol. The molecular formula is C11H13N3OS. The van der Waals surface area contributed by atoms with Gasteiger partial charge in [0.05, 0.1) is 18.8 Å². The fraction of sp³-hybridized carbons (Fsp3) is 0.273. The van der Waals surface area contributed by atoms with Crippen molar-refractivity contribution in [1.82, 2.24) is 8.75 Å². The Morgan fingerprint density at radius 3 is 2.56 bits per heavy atom. The summed E-state index contributed by atoms with van der Waals surface area (Å²) in [6.07, 6.45) is 0. The highest BCUT2D eigenvalue weighted by Gasteiger charge is 2.15. The lowest BCUT2D eigenvalue weighted by Crippen LogP contribution is -1.95. The van der Waals surface area contributed by atoms with Crippen molar-refractivity contribution in [2.24, 2.45) is 0 Å². The Labute approximate surface area is 98.4 Å². The third-order valence-electron chi connectivity index (χ3n) is 2.39. The van der Waals surface area contributed by atoms with Gasteiger partial charge >= 0.3 is 0 Å². The molecule has 0 radical (unpaired) electrons. The Morgan fingerprint density at radius 1 is 1.25 bits per heavy atom.